The van der Waals surface area contributed by atoms with Crippen LogP contribution in [0.3, 0.4) is 0 Å². The Labute approximate surface area is 95.1 Å². The minimum absolute atomic E-state index is 0.120. The summed E-state index contributed by atoms with van der Waals surface area (Å²) in [5, 5.41) is 0. The standard InChI is InChI=1S/C9H15NO5S/c1-5-7-6-14-16(12,13)10(7)8(11)15-9(2,3)4/h5,7H,1,6H2,2-4H3/t7-/m0/s1. The highest BCUT2D eigenvalue weighted by Gasteiger charge is 2.43. The molecule has 0 radical (unpaired) electrons. The van der Waals surface area contributed by atoms with Crippen LogP contribution >= 0.6 is 0 Å². The first-order valence-electron chi connectivity index (χ1n) is 4.72. The van der Waals surface area contributed by atoms with Crippen LogP contribution in [0.15, 0.2) is 12.7 Å². The van der Waals surface area contributed by atoms with E-state index in [2.05, 4.69) is 10.8 Å². The van der Waals surface area contributed by atoms with Crippen LogP contribution in [0, 0.1) is 0 Å². The zero-order valence-corrected chi connectivity index (χ0v) is 10.3. The second kappa shape index (κ2) is 4.06. The van der Waals surface area contributed by atoms with Crippen LogP contribution in [0.1, 0.15) is 20.8 Å². The summed E-state index contributed by atoms with van der Waals surface area (Å²) in [5.74, 6) is 0. The predicted octanol–water partition coefficient (Wildman–Crippen LogP) is 1.05. The molecule has 7 heteroatoms. The molecule has 1 fully saturated rings. The highest BCUT2D eigenvalue weighted by atomic mass is 32.2. The van der Waals surface area contributed by atoms with Gasteiger partial charge >= 0.3 is 16.4 Å². The fourth-order valence-electron chi connectivity index (χ4n) is 1.14. The quantitative estimate of drug-likeness (QED) is 0.649. The maximum absolute atomic E-state index is 11.6. The summed E-state index contributed by atoms with van der Waals surface area (Å²) in [4.78, 5) is 11.6. The monoisotopic (exact) mass is 249 g/mol. The van der Waals surface area contributed by atoms with Crippen molar-refractivity contribution in [2.24, 2.45) is 0 Å². The Hall–Kier alpha value is -1.08. The first-order chi connectivity index (χ1) is 7.17. The van der Waals surface area contributed by atoms with Gasteiger partial charge in [-0.3, -0.25) is 4.18 Å². The Morgan fingerprint density at radius 2 is 2.12 bits per heavy atom. The SMILES string of the molecule is C=C[C@H]1COS(=O)(=O)N1C(=O)OC(C)(C)C. The maximum atomic E-state index is 11.6. The molecule has 0 aliphatic carbocycles. The third-order valence-corrected chi connectivity index (χ3v) is 3.11. The Bertz CT molecular complexity index is 395. The predicted molar refractivity (Wildman–Crippen MR) is 56.9 cm³/mol. The van der Waals surface area contributed by atoms with Crippen LogP contribution in [-0.2, 0) is 19.2 Å². The smallest absolute Gasteiger partial charge is 0.426 e. The Kier molecular flexibility index (Phi) is 3.30. The van der Waals surface area contributed by atoms with Gasteiger partial charge in [-0.1, -0.05) is 6.08 Å². The third-order valence-electron chi connectivity index (χ3n) is 1.78. The van der Waals surface area contributed by atoms with Crippen molar-refractivity contribution >= 4 is 16.4 Å². The van der Waals surface area contributed by atoms with Crippen molar-refractivity contribution < 1.29 is 22.1 Å². The first-order valence-corrected chi connectivity index (χ1v) is 6.08. The van der Waals surface area contributed by atoms with E-state index in [1.165, 1.54) is 6.08 Å². The van der Waals surface area contributed by atoms with Crippen LogP contribution < -0.4 is 0 Å². The summed E-state index contributed by atoms with van der Waals surface area (Å²) in [6, 6.07) is -0.708. The number of hydrogen-bond donors (Lipinski definition) is 0. The van der Waals surface area contributed by atoms with Gasteiger partial charge in [0.15, 0.2) is 0 Å². The molecule has 0 aromatic rings. The molecule has 0 unspecified atom stereocenters. The van der Waals surface area contributed by atoms with Crippen LogP contribution in [0.5, 0.6) is 0 Å². The van der Waals surface area contributed by atoms with Gasteiger partial charge in [0.25, 0.3) is 0 Å². The fourth-order valence-corrected chi connectivity index (χ4v) is 2.27. The minimum atomic E-state index is -4.03. The largest absolute Gasteiger partial charge is 0.443 e. The van der Waals surface area contributed by atoms with Crippen LogP contribution in [0.25, 0.3) is 0 Å². The number of carbonyl (C=O) groups is 1. The van der Waals surface area contributed by atoms with E-state index in [9.17, 15) is 13.2 Å². The third kappa shape index (κ3) is 2.73. The zero-order chi connectivity index (χ0) is 12.6. The van der Waals surface area contributed by atoms with Crippen molar-refractivity contribution in [1.82, 2.24) is 4.31 Å². The lowest BCUT2D eigenvalue weighted by Crippen LogP contribution is -2.41. The summed E-state index contributed by atoms with van der Waals surface area (Å²) < 4.78 is 32.9. The molecular formula is C9H15NO5S. The zero-order valence-electron chi connectivity index (χ0n) is 9.47. The lowest BCUT2D eigenvalue weighted by molar-refractivity contribution is 0.0378. The van der Waals surface area contributed by atoms with Crippen molar-refractivity contribution in [3.05, 3.63) is 12.7 Å². The molecule has 1 aliphatic heterocycles. The number of amides is 1. The van der Waals surface area contributed by atoms with Gasteiger partial charge in [0.1, 0.15) is 5.60 Å². The second-order valence-electron chi connectivity index (χ2n) is 4.32. The summed E-state index contributed by atoms with van der Waals surface area (Å²) in [6.45, 7) is 8.27. The lowest BCUT2D eigenvalue weighted by Gasteiger charge is -2.24. The summed E-state index contributed by atoms with van der Waals surface area (Å²) >= 11 is 0. The minimum Gasteiger partial charge on any atom is -0.443 e. The van der Waals surface area contributed by atoms with E-state index in [4.69, 9.17) is 4.74 Å². The van der Waals surface area contributed by atoms with Gasteiger partial charge in [-0.05, 0) is 20.8 Å². The normalized spacial score (nSPS) is 24.2. The van der Waals surface area contributed by atoms with Gasteiger partial charge in [0.2, 0.25) is 0 Å². The van der Waals surface area contributed by atoms with E-state index in [0.717, 1.165) is 0 Å². The van der Waals surface area contributed by atoms with Gasteiger partial charge in [0.05, 0.1) is 12.6 Å². The van der Waals surface area contributed by atoms with E-state index >= 15 is 0 Å². The molecule has 0 N–H and O–H groups in total. The van der Waals surface area contributed by atoms with E-state index in [1.54, 1.807) is 20.8 Å². The molecule has 1 saturated heterocycles. The lowest BCUT2D eigenvalue weighted by atomic mass is 10.2. The number of hydrogen-bond acceptors (Lipinski definition) is 5. The molecule has 0 aromatic carbocycles. The van der Waals surface area contributed by atoms with Crippen LogP contribution in [-0.4, -0.2) is 37.1 Å². The van der Waals surface area contributed by atoms with E-state index in [0.29, 0.717) is 4.31 Å². The molecule has 0 spiro atoms. The van der Waals surface area contributed by atoms with Gasteiger partial charge in [-0.15, -0.1) is 6.58 Å². The van der Waals surface area contributed by atoms with Gasteiger partial charge < -0.3 is 4.74 Å². The number of nitrogens with zero attached hydrogens (tertiary/aromatic N) is 1. The van der Waals surface area contributed by atoms with Crippen LogP contribution in [0.4, 0.5) is 4.79 Å². The van der Waals surface area contributed by atoms with Crippen molar-refractivity contribution in [2.75, 3.05) is 6.61 Å². The molecule has 1 rings (SSSR count). The molecule has 6 nitrogen and oxygen atoms in total. The number of ether oxygens (including phenoxy) is 1. The highest BCUT2D eigenvalue weighted by Crippen LogP contribution is 2.22. The number of carbonyl (C=O) groups excluding carboxylic acids is 1. The number of rotatable bonds is 1. The van der Waals surface area contributed by atoms with E-state index < -0.39 is 28.0 Å². The molecule has 1 atom stereocenters. The molecule has 92 valence electrons. The van der Waals surface area contributed by atoms with Crippen LogP contribution in [0.2, 0.25) is 0 Å². The second-order valence-corrected chi connectivity index (χ2v) is 5.81. The fraction of sp³-hybridized carbons (Fsp3) is 0.667. The van der Waals surface area contributed by atoms with E-state index in [-0.39, 0.29) is 6.61 Å². The molecular weight excluding hydrogens is 234 g/mol. The van der Waals surface area contributed by atoms with Gasteiger partial charge in [-0.25, -0.2) is 4.79 Å². The van der Waals surface area contributed by atoms with Gasteiger partial charge in [-0.2, -0.15) is 12.7 Å². The van der Waals surface area contributed by atoms with Crippen molar-refractivity contribution in [1.29, 1.82) is 0 Å². The first kappa shape index (κ1) is 13.0. The average Bonchev–Trinajstić information content (AvgIpc) is 2.37. The molecule has 0 bridgehead atoms. The molecule has 1 aliphatic rings. The van der Waals surface area contributed by atoms with Crippen molar-refractivity contribution in [3.8, 4) is 0 Å². The highest BCUT2D eigenvalue weighted by molar-refractivity contribution is 7.85. The van der Waals surface area contributed by atoms with Gasteiger partial charge in [0, 0.05) is 0 Å². The average molecular weight is 249 g/mol. The Morgan fingerprint density at radius 1 is 1.56 bits per heavy atom. The van der Waals surface area contributed by atoms with Crippen molar-refractivity contribution in [3.63, 3.8) is 0 Å². The van der Waals surface area contributed by atoms with Crippen molar-refractivity contribution in [2.45, 2.75) is 32.4 Å². The maximum Gasteiger partial charge on any atom is 0.426 e. The molecule has 0 saturated carbocycles. The molecule has 1 heterocycles. The Balaban J connectivity index is 2.92. The summed E-state index contributed by atoms with van der Waals surface area (Å²) in [5.41, 5.74) is -0.763. The summed E-state index contributed by atoms with van der Waals surface area (Å²) in [7, 11) is -4.03. The molecule has 0 aromatic heterocycles. The molecule has 1 amide bonds. The van der Waals surface area contributed by atoms with E-state index in [1.807, 2.05) is 0 Å². The molecule has 16 heavy (non-hydrogen) atoms. The Morgan fingerprint density at radius 3 is 2.56 bits per heavy atom. The topological polar surface area (TPSA) is 72.9 Å². The summed E-state index contributed by atoms with van der Waals surface area (Å²) in [6.07, 6.45) is 0.379.